The van der Waals surface area contributed by atoms with E-state index in [0.717, 1.165) is 5.70 Å². The molecular formula is C4H7NOS. The van der Waals surface area contributed by atoms with Crippen LogP contribution in [0.5, 0.6) is 0 Å². The van der Waals surface area contributed by atoms with Gasteiger partial charge in [0.25, 0.3) is 0 Å². The summed E-state index contributed by atoms with van der Waals surface area (Å²) in [6, 6.07) is 0. The van der Waals surface area contributed by atoms with Crippen molar-refractivity contribution >= 4 is 16.8 Å². The van der Waals surface area contributed by atoms with Gasteiger partial charge in [-0.3, -0.25) is 4.18 Å². The Kier molecular flexibility index (Phi) is 1.17. The number of hydrogen-bond acceptors (Lipinski definition) is 2. The van der Waals surface area contributed by atoms with Gasteiger partial charge in [-0.1, -0.05) is 6.58 Å². The molecule has 7 heavy (non-hydrogen) atoms. The van der Waals surface area contributed by atoms with E-state index in [0.29, 0.717) is 6.61 Å². The predicted molar refractivity (Wildman–Crippen MR) is 32.9 cm³/mol. The Balaban J connectivity index is 2.55. The zero-order valence-electron chi connectivity index (χ0n) is 3.94. The molecule has 0 bridgehead atoms. The van der Waals surface area contributed by atoms with E-state index in [1.807, 2.05) is 0 Å². The first-order chi connectivity index (χ1) is 3.29. The van der Waals surface area contributed by atoms with Gasteiger partial charge in [-0.25, -0.2) is 0 Å². The van der Waals surface area contributed by atoms with Crippen LogP contribution in [0.2, 0.25) is 0 Å². The first-order valence-electron chi connectivity index (χ1n) is 1.91. The highest BCUT2D eigenvalue weighted by Gasteiger charge is 2.03. The maximum Gasteiger partial charge on any atom is 0.102 e. The van der Waals surface area contributed by atoms with E-state index in [4.69, 9.17) is 4.18 Å². The summed E-state index contributed by atoms with van der Waals surface area (Å²) in [5.41, 5.74) is 0.929. The Hall–Kier alpha value is -0.280. The Bertz CT molecular complexity index is 107. The average Bonchev–Trinajstić information content (AvgIpc) is 1.87. The smallest absolute Gasteiger partial charge is 0.102 e. The Morgan fingerprint density at radius 1 is 1.86 bits per heavy atom. The molecule has 3 heteroatoms. The van der Waals surface area contributed by atoms with Crippen molar-refractivity contribution in [3.05, 3.63) is 12.3 Å². The third-order valence-electron chi connectivity index (χ3n) is 0.634. The molecule has 0 aromatic rings. The van der Waals surface area contributed by atoms with Crippen LogP contribution >= 0.6 is 11.0 Å². The van der Waals surface area contributed by atoms with Crippen LogP contribution in [-0.4, -0.2) is 12.5 Å². The largest absolute Gasteiger partial charge is 0.317 e. The highest BCUT2D eigenvalue weighted by molar-refractivity contribution is 8.08. The highest BCUT2D eigenvalue weighted by atomic mass is 32.2. The predicted octanol–water partition coefficient (Wildman–Crippen LogP) is 0.651. The van der Waals surface area contributed by atoms with Crippen LogP contribution in [0.3, 0.4) is 0 Å². The molecule has 1 atom stereocenters. The summed E-state index contributed by atoms with van der Waals surface area (Å²) in [6.45, 7) is 4.25. The molecule has 0 spiro atoms. The molecule has 0 radical (unpaired) electrons. The Morgan fingerprint density at radius 3 is 2.71 bits per heavy atom. The second-order valence-corrected chi connectivity index (χ2v) is 2.44. The van der Waals surface area contributed by atoms with Crippen LogP contribution in [-0.2, 0) is 4.18 Å². The summed E-state index contributed by atoms with van der Waals surface area (Å²) < 4.78 is 7.89. The van der Waals surface area contributed by atoms with Crippen LogP contribution in [0.1, 0.15) is 0 Å². The molecule has 1 unspecified atom stereocenters. The fourth-order valence-electron chi connectivity index (χ4n) is 0.362. The summed E-state index contributed by atoms with van der Waals surface area (Å²) >= 11 is 0. The van der Waals surface area contributed by atoms with Crippen LogP contribution < -0.4 is 4.72 Å². The zero-order valence-corrected chi connectivity index (χ0v) is 4.75. The summed E-state index contributed by atoms with van der Waals surface area (Å²) in [7, 11) is -0.302. The maximum absolute atomic E-state index is 4.97. The van der Waals surface area contributed by atoms with Crippen LogP contribution in [0.15, 0.2) is 12.3 Å². The number of rotatable bonds is 0. The van der Waals surface area contributed by atoms with Gasteiger partial charge >= 0.3 is 0 Å². The van der Waals surface area contributed by atoms with Crippen molar-refractivity contribution in [2.45, 2.75) is 0 Å². The van der Waals surface area contributed by atoms with E-state index >= 15 is 0 Å². The standard InChI is InChI=1S/C4H7NOS/c1-4-3-6-7(2)5-4/h5H,1-3H2. The number of hydrogen-bond donors (Lipinski definition) is 1. The molecule has 1 aliphatic heterocycles. The summed E-state index contributed by atoms with van der Waals surface area (Å²) in [5, 5.41) is 0. The van der Waals surface area contributed by atoms with Crippen LogP contribution in [0.25, 0.3) is 0 Å². The van der Waals surface area contributed by atoms with Crippen LogP contribution in [0, 0.1) is 0 Å². The first-order valence-corrected chi connectivity index (χ1v) is 3.22. The Morgan fingerprint density at radius 2 is 2.57 bits per heavy atom. The quantitative estimate of drug-likeness (QED) is 0.470. The molecule has 0 amide bonds. The maximum atomic E-state index is 4.97. The fraction of sp³-hybridized carbons (Fsp3) is 0.250. The van der Waals surface area contributed by atoms with Gasteiger partial charge in [0.05, 0.1) is 0 Å². The van der Waals surface area contributed by atoms with Crippen molar-refractivity contribution in [1.29, 1.82) is 0 Å². The lowest BCUT2D eigenvalue weighted by Crippen LogP contribution is -1.93. The van der Waals surface area contributed by atoms with Crippen molar-refractivity contribution in [2.75, 3.05) is 6.61 Å². The molecule has 1 N–H and O–H groups in total. The van der Waals surface area contributed by atoms with Crippen molar-refractivity contribution in [3.63, 3.8) is 0 Å². The highest BCUT2D eigenvalue weighted by Crippen LogP contribution is 2.16. The van der Waals surface area contributed by atoms with E-state index in [-0.39, 0.29) is 11.0 Å². The minimum Gasteiger partial charge on any atom is -0.317 e. The van der Waals surface area contributed by atoms with Crippen molar-refractivity contribution in [1.82, 2.24) is 4.72 Å². The first kappa shape index (κ1) is 4.87. The molecule has 2 nitrogen and oxygen atoms in total. The van der Waals surface area contributed by atoms with E-state index in [1.54, 1.807) is 0 Å². The molecule has 1 heterocycles. The lowest BCUT2D eigenvalue weighted by atomic mass is 10.6. The van der Waals surface area contributed by atoms with Crippen molar-refractivity contribution < 1.29 is 4.18 Å². The topological polar surface area (TPSA) is 21.3 Å². The summed E-state index contributed by atoms with van der Waals surface area (Å²) in [4.78, 5) is 0. The van der Waals surface area contributed by atoms with E-state index in [9.17, 15) is 0 Å². The molecule has 1 fully saturated rings. The third-order valence-corrected chi connectivity index (χ3v) is 1.55. The van der Waals surface area contributed by atoms with E-state index in [1.165, 1.54) is 0 Å². The lowest BCUT2D eigenvalue weighted by molar-refractivity contribution is 0.436. The Labute approximate surface area is 45.4 Å². The normalized spacial score (nSPS) is 30.3. The SMILES string of the molecule is C=C1COS(=C)N1. The number of nitrogens with one attached hydrogen (secondary N) is 1. The molecule has 0 saturated carbocycles. The minimum absolute atomic E-state index is 0.302. The second kappa shape index (κ2) is 1.68. The van der Waals surface area contributed by atoms with Crippen LogP contribution in [0.4, 0.5) is 0 Å². The average molecular weight is 117 g/mol. The van der Waals surface area contributed by atoms with E-state index in [2.05, 4.69) is 17.2 Å². The fourth-order valence-corrected chi connectivity index (χ4v) is 1.09. The molecule has 0 aromatic carbocycles. The molecule has 1 aliphatic rings. The molecule has 1 rings (SSSR count). The second-order valence-electron chi connectivity index (χ2n) is 1.31. The summed E-state index contributed by atoms with van der Waals surface area (Å²) in [6.07, 6.45) is 0. The van der Waals surface area contributed by atoms with Crippen molar-refractivity contribution in [2.24, 2.45) is 0 Å². The molecular weight excluding hydrogens is 110 g/mol. The van der Waals surface area contributed by atoms with E-state index < -0.39 is 0 Å². The van der Waals surface area contributed by atoms with Gasteiger partial charge in [0.1, 0.15) is 6.61 Å². The van der Waals surface area contributed by atoms with Gasteiger partial charge in [-0.05, 0) is 5.87 Å². The van der Waals surface area contributed by atoms with Gasteiger partial charge in [0.2, 0.25) is 0 Å². The van der Waals surface area contributed by atoms with Crippen molar-refractivity contribution in [3.8, 4) is 0 Å². The molecule has 40 valence electrons. The van der Waals surface area contributed by atoms with Gasteiger partial charge < -0.3 is 4.72 Å². The zero-order chi connectivity index (χ0) is 5.28. The van der Waals surface area contributed by atoms with Gasteiger partial charge in [0, 0.05) is 16.6 Å². The lowest BCUT2D eigenvalue weighted by Gasteiger charge is -1.89. The van der Waals surface area contributed by atoms with Gasteiger partial charge in [-0.2, -0.15) is 0 Å². The molecule has 1 saturated heterocycles. The monoisotopic (exact) mass is 117 g/mol. The van der Waals surface area contributed by atoms with Gasteiger partial charge in [-0.15, -0.1) is 0 Å². The third kappa shape index (κ3) is 1.04. The molecule has 0 aromatic heterocycles. The molecule has 0 aliphatic carbocycles. The van der Waals surface area contributed by atoms with Gasteiger partial charge in [0.15, 0.2) is 0 Å². The summed E-state index contributed by atoms with van der Waals surface area (Å²) in [5.74, 6) is 3.62. The minimum atomic E-state index is -0.302.